The molecule has 1 N–H and O–H groups in total. The van der Waals surface area contributed by atoms with Crippen molar-refractivity contribution in [2.45, 2.75) is 12.5 Å². The van der Waals surface area contributed by atoms with E-state index in [1.165, 1.54) is 0 Å². The molecule has 1 aliphatic heterocycles. The molecular formula is C14H19NO5S. The van der Waals surface area contributed by atoms with E-state index in [1.807, 2.05) is 30.3 Å². The van der Waals surface area contributed by atoms with Gasteiger partial charge in [-0.1, -0.05) is 18.2 Å². The Morgan fingerprint density at radius 3 is 2.62 bits per heavy atom. The Kier molecular flexibility index (Phi) is 5.19. The second kappa shape index (κ2) is 6.91. The number of carboxylic acid groups (broad SMARTS) is 1. The van der Waals surface area contributed by atoms with Crippen LogP contribution in [0.5, 0.6) is 5.75 Å². The Bertz CT molecular complexity index is 572. The highest BCUT2D eigenvalue weighted by molar-refractivity contribution is 7.91. The van der Waals surface area contributed by atoms with E-state index in [0.717, 1.165) is 0 Å². The molecule has 0 radical (unpaired) electrons. The largest absolute Gasteiger partial charge is 0.492 e. The van der Waals surface area contributed by atoms with Crippen molar-refractivity contribution in [1.82, 2.24) is 4.90 Å². The van der Waals surface area contributed by atoms with E-state index >= 15 is 0 Å². The van der Waals surface area contributed by atoms with Crippen molar-refractivity contribution in [3.05, 3.63) is 30.3 Å². The molecule has 0 spiro atoms. The average Bonchev–Trinajstić information content (AvgIpc) is 2.79. The average molecular weight is 313 g/mol. The van der Waals surface area contributed by atoms with Crippen molar-refractivity contribution in [3.63, 3.8) is 0 Å². The Hall–Kier alpha value is -1.60. The van der Waals surface area contributed by atoms with Crippen LogP contribution in [-0.2, 0) is 14.6 Å². The first-order valence-corrected chi connectivity index (χ1v) is 8.62. The van der Waals surface area contributed by atoms with E-state index in [0.29, 0.717) is 25.3 Å². The molecule has 0 amide bonds. The topological polar surface area (TPSA) is 83.9 Å². The summed E-state index contributed by atoms with van der Waals surface area (Å²) in [4.78, 5) is 12.6. The van der Waals surface area contributed by atoms with Crippen LogP contribution in [0.15, 0.2) is 30.3 Å². The zero-order chi connectivity index (χ0) is 15.3. The number of para-hydroxylation sites is 1. The summed E-state index contributed by atoms with van der Waals surface area (Å²) in [5.41, 5.74) is 0. The molecule has 1 heterocycles. The highest BCUT2D eigenvalue weighted by Gasteiger charge is 2.32. The van der Waals surface area contributed by atoms with E-state index < -0.39 is 15.8 Å². The van der Waals surface area contributed by atoms with Gasteiger partial charge >= 0.3 is 5.97 Å². The Morgan fingerprint density at radius 2 is 2.05 bits per heavy atom. The number of hydrogen-bond donors (Lipinski definition) is 1. The molecule has 1 atom stereocenters. The van der Waals surface area contributed by atoms with Crippen molar-refractivity contribution in [3.8, 4) is 5.75 Å². The third kappa shape index (κ3) is 5.02. The van der Waals surface area contributed by atoms with Crippen molar-refractivity contribution < 1.29 is 23.1 Å². The third-order valence-electron chi connectivity index (χ3n) is 3.45. The molecule has 1 saturated heterocycles. The molecule has 1 aromatic carbocycles. The predicted octanol–water partition coefficient (Wildman–Crippen LogP) is 0.639. The molecule has 21 heavy (non-hydrogen) atoms. The van der Waals surface area contributed by atoms with Crippen LogP contribution >= 0.6 is 0 Å². The first kappa shape index (κ1) is 15.8. The zero-order valence-electron chi connectivity index (χ0n) is 11.6. The molecule has 1 aromatic rings. The van der Waals surface area contributed by atoms with E-state index in [9.17, 15) is 13.2 Å². The second-order valence-electron chi connectivity index (χ2n) is 5.08. The molecule has 0 aromatic heterocycles. The van der Waals surface area contributed by atoms with Gasteiger partial charge in [0.25, 0.3) is 0 Å². The van der Waals surface area contributed by atoms with Gasteiger partial charge in [0.1, 0.15) is 12.4 Å². The lowest BCUT2D eigenvalue weighted by atomic mass is 10.2. The highest BCUT2D eigenvalue weighted by atomic mass is 32.2. The number of carbonyl (C=O) groups is 1. The van der Waals surface area contributed by atoms with Gasteiger partial charge in [-0.2, -0.15) is 0 Å². The summed E-state index contributed by atoms with van der Waals surface area (Å²) >= 11 is 0. The van der Waals surface area contributed by atoms with Crippen LogP contribution in [-0.4, -0.2) is 61.6 Å². The first-order chi connectivity index (χ1) is 9.96. The van der Waals surface area contributed by atoms with Gasteiger partial charge < -0.3 is 9.84 Å². The summed E-state index contributed by atoms with van der Waals surface area (Å²) in [6, 6.07) is 9.00. The van der Waals surface area contributed by atoms with Gasteiger partial charge in [-0.05, 0) is 18.6 Å². The van der Waals surface area contributed by atoms with Crippen LogP contribution in [0, 0.1) is 0 Å². The molecule has 2 rings (SSSR count). The number of nitrogens with zero attached hydrogens (tertiary/aromatic N) is 1. The van der Waals surface area contributed by atoms with Gasteiger partial charge in [0.05, 0.1) is 18.1 Å². The molecule has 1 aliphatic rings. The van der Waals surface area contributed by atoms with Crippen LogP contribution < -0.4 is 4.74 Å². The van der Waals surface area contributed by atoms with Crippen LogP contribution in [0.1, 0.15) is 6.42 Å². The van der Waals surface area contributed by atoms with Gasteiger partial charge in [-0.25, -0.2) is 8.42 Å². The third-order valence-corrected chi connectivity index (χ3v) is 5.20. The maximum Gasteiger partial charge on any atom is 0.317 e. The van der Waals surface area contributed by atoms with Crippen LogP contribution in [0.3, 0.4) is 0 Å². The quantitative estimate of drug-likeness (QED) is 0.795. The maximum absolute atomic E-state index is 11.5. The Labute approximate surface area is 124 Å². The van der Waals surface area contributed by atoms with Gasteiger partial charge in [-0.3, -0.25) is 9.69 Å². The number of ether oxygens (including phenoxy) is 1. The standard InChI is InChI=1S/C14H19NO5S/c16-14(17)10-15(12-6-9-21(18,19)11-12)7-8-20-13-4-2-1-3-5-13/h1-5,12H,6-11H2,(H,16,17). The van der Waals surface area contributed by atoms with Crippen molar-refractivity contribution in [2.75, 3.05) is 31.2 Å². The predicted molar refractivity (Wildman–Crippen MR) is 78.2 cm³/mol. The number of benzene rings is 1. The van der Waals surface area contributed by atoms with Gasteiger partial charge in [0.2, 0.25) is 0 Å². The fourth-order valence-corrected chi connectivity index (χ4v) is 4.19. The lowest BCUT2D eigenvalue weighted by Crippen LogP contribution is -2.42. The summed E-state index contributed by atoms with van der Waals surface area (Å²) in [6.45, 7) is 0.549. The van der Waals surface area contributed by atoms with Crippen molar-refractivity contribution in [2.24, 2.45) is 0 Å². The minimum Gasteiger partial charge on any atom is -0.492 e. The lowest BCUT2D eigenvalue weighted by Gasteiger charge is -2.26. The number of aliphatic carboxylic acids is 1. The monoisotopic (exact) mass is 313 g/mol. The maximum atomic E-state index is 11.5. The van der Waals surface area contributed by atoms with Gasteiger partial charge in [0.15, 0.2) is 9.84 Å². The molecule has 1 unspecified atom stereocenters. The number of carboxylic acids is 1. The smallest absolute Gasteiger partial charge is 0.317 e. The summed E-state index contributed by atoms with van der Waals surface area (Å²) in [6.07, 6.45) is 0.487. The molecule has 0 aliphatic carbocycles. The fraction of sp³-hybridized carbons (Fsp3) is 0.500. The Morgan fingerprint density at radius 1 is 1.33 bits per heavy atom. The number of rotatable bonds is 7. The molecular weight excluding hydrogens is 294 g/mol. The highest BCUT2D eigenvalue weighted by Crippen LogP contribution is 2.17. The molecule has 0 bridgehead atoms. The lowest BCUT2D eigenvalue weighted by molar-refractivity contribution is -0.138. The molecule has 1 fully saturated rings. The fourth-order valence-electron chi connectivity index (χ4n) is 2.43. The summed E-state index contributed by atoms with van der Waals surface area (Å²) in [5, 5.41) is 8.96. The molecule has 0 saturated carbocycles. The molecule has 116 valence electrons. The Balaban J connectivity index is 1.89. The van der Waals surface area contributed by atoms with E-state index in [2.05, 4.69) is 0 Å². The van der Waals surface area contributed by atoms with Gasteiger partial charge in [-0.15, -0.1) is 0 Å². The number of sulfone groups is 1. The SMILES string of the molecule is O=C(O)CN(CCOc1ccccc1)C1CCS(=O)(=O)C1. The second-order valence-corrected chi connectivity index (χ2v) is 7.31. The summed E-state index contributed by atoms with van der Waals surface area (Å²) < 4.78 is 28.6. The summed E-state index contributed by atoms with van der Waals surface area (Å²) in [7, 11) is -3.03. The molecule has 7 heteroatoms. The van der Waals surface area contributed by atoms with Crippen molar-refractivity contribution in [1.29, 1.82) is 0 Å². The molecule has 6 nitrogen and oxygen atoms in total. The van der Waals surface area contributed by atoms with E-state index in [-0.39, 0.29) is 24.1 Å². The minimum atomic E-state index is -3.03. The first-order valence-electron chi connectivity index (χ1n) is 6.80. The normalized spacial score (nSPS) is 20.5. The van der Waals surface area contributed by atoms with E-state index in [1.54, 1.807) is 4.90 Å². The van der Waals surface area contributed by atoms with E-state index in [4.69, 9.17) is 9.84 Å². The van der Waals surface area contributed by atoms with Gasteiger partial charge in [0, 0.05) is 12.6 Å². The van der Waals surface area contributed by atoms with Crippen LogP contribution in [0.2, 0.25) is 0 Å². The number of hydrogen-bond acceptors (Lipinski definition) is 5. The summed E-state index contributed by atoms with van der Waals surface area (Å²) in [5.74, 6) is -0.0790. The minimum absolute atomic E-state index is 0.0334. The zero-order valence-corrected chi connectivity index (χ0v) is 12.5. The van der Waals surface area contributed by atoms with Crippen LogP contribution in [0.4, 0.5) is 0 Å². The van der Waals surface area contributed by atoms with Crippen LogP contribution in [0.25, 0.3) is 0 Å². The van der Waals surface area contributed by atoms with Crippen molar-refractivity contribution >= 4 is 15.8 Å².